The monoisotopic (exact) mass is 507 g/mol. The Labute approximate surface area is 205 Å². The van der Waals surface area contributed by atoms with Gasteiger partial charge in [-0.1, -0.05) is 24.3 Å². The fourth-order valence-electron chi connectivity index (χ4n) is 4.44. The maximum atomic E-state index is 13.7. The number of nitrogens with zero attached hydrogens (tertiary/aromatic N) is 3. The fourth-order valence-corrected chi connectivity index (χ4v) is 4.44. The van der Waals surface area contributed by atoms with Gasteiger partial charge in [0.25, 0.3) is 0 Å². The Morgan fingerprint density at radius 3 is 2.42 bits per heavy atom. The number of halogens is 3. The van der Waals surface area contributed by atoms with Crippen LogP contribution in [-0.2, 0) is 11.3 Å². The first-order valence-corrected chi connectivity index (χ1v) is 11.5. The van der Waals surface area contributed by atoms with Gasteiger partial charge in [0.2, 0.25) is 0 Å². The summed E-state index contributed by atoms with van der Waals surface area (Å²) in [7, 11) is 1.46. The summed E-state index contributed by atoms with van der Waals surface area (Å²) < 4.78 is 57.0. The molecule has 1 aliphatic heterocycles. The van der Waals surface area contributed by atoms with Crippen LogP contribution in [0.15, 0.2) is 47.3 Å². The zero-order chi connectivity index (χ0) is 26.3. The van der Waals surface area contributed by atoms with E-state index in [9.17, 15) is 22.8 Å². The minimum Gasteiger partial charge on any atom is -0.494 e. The average molecular weight is 508 g/mol. The van der Waals surface area contributed by atoms with Gasteiger partial charge in [0.15, 0.2) is 0 Å². The number of carbonyl (C=O) groups excluding carboxylic acids is 1. The van der Waals surface area contributed by atoms with E-state index in [1.165, 1.54) is 29.9 Å². The highest BCUT2D eigenvalue weighted by Gasteiger charge is 2.34. The van der Waals surface area contributed by atoms with Crippen LogP contribution in [0.1, 0.15) is 38.8 Å². The van der Waals surface area contributed by atoms with Gasteiger partial charge in [0.05, 0.1) is 25.2 Å². The maximum Gasteiger partial charge on any atom is 0.573 e. The molecule has 36 heavy (non-hydrogen) atoms. The molecule has 0 N–H and O–H groups in total. The molecule has 8 nitrogen and oxygen atoms in total. The Morgan fingerprint density at radius 2 is 1.75 bits per heavy atom. The predicted molar refractivity (Wildman–Crippen MR) is 126 cm³/mol. The molecular formula is C25H28F3N3O5. The predicted octanol–water partition coefficient (Wildman–Crippen LogP) is 4.94. The summed E-state index contributed by atoms with van der Waals surface area (Å²) >= 11 is 0. The van der Waals surface area contributed by atoms with E-state index in [2.05, 4.69) is 4.74 Å². The molecule has 194 valence electrons. The third-order valence-corrected chi connectivity index (χ3v) is 5.87. The molecule has 1 amide bonds. The SMILES string of the molecule is COc1cccc2c1n(Cc1ccccc1OC(F)(F)F)c(=O)n2[C@@H]1CCN(C(=O)OC(C)(C)C)C1. The van der Waals surface area contributed by atoms with Crippen molar-refractivity contribution >= 4 is 17.1 Å². The van der Waals surface area contributed by atoms with Crippen molar-refractivity contribution in [2.24, 2.45) is 0 Å². The summed E-state index contributed by atoms with van der Waals surface area (Å²) in [6.07, 6.45) is -4.82. The van der Waals surface area contributed by atoms with Gasteiger partial charge < -0.3 is 19.1 Å². The van der Waals surface area contributed by atoms with Crippen LogP contribution in [0, 0.1) is 0 Å². The molecule has 3 aromatic rings. The fraction of sp³-hybridized carbons (Fsp3) is 0.440. The molecule has 1 fully saturated rings. The zero-order valence-electron chi connectivity index (χ0n) is 20.5. The highest BCUT2D eigenvalue weighted by Crippen LogP contribution is 2.32. The first-order chi connectivity index (χ1) is 16.9. The Bertz CT molecular complexity index is 1320. The molecular weight excluding hydrogens is 479 g/mol. The number of hydrogen-bond acceptors (Lipinski definition) is 5. The van der Waals surface area contributed by atoms with E-state index < -0.39 is 23.7 Å². The van der Waals surface area contributed by atoms with Crippen LogP contribution in [0.2, 0.25) is 0 Å². The van der Waals surface area contributed by atoms with Crippen LogP contribution in [-0.4, -0.2) is 52.3 Å². The summed E-state index contributed by atoms with van der Waals surface area (Å²) in [6, 6.07) is 10.5. The second-order valence-electron chi connectivity index (χ2n) is 9.59. The Hall–Kier alpha value is -3.63. The van der Waals surface area contributed by atoms with E-state index in [0.29, 0.717) is 29.7 Å². The first kappa shape index (κ1) is 25.5. The van der Waals surface area contributed by atoms with Gasteiger partial charge in [0.1, 0.15) is 22.6 Å². The molecule has 1 aromatic heterocycles. The number of likely N-dealkylation sites (tertiary alicyclic amines) is 1. The van der Waals surface area contributed by atoms with Crippen LogP contribution >= 0.6 is 0 Å². The Balaban J connectivity index is 1.75. The van der Waals surface area contributed by atoms with E-state index in [0.717, 1.165) is 0 Å². The van der Waals surface area contributed by atoms with Gasteiger partial charge in [-0.2, -0.15) is 0 Å². The number of hydrogen-bond donors (Lipinski definition) is 0. The summed E-state index contributed by atoms with van der Waals surface area (Å²) in [6.45, 7) is 5.84. The lowest BCUT2D eigenvalue weighted by Crippen LogP contribution is -2.36. The minimum absolute atomic E-state index is 0.169. The number of para-hydroxylation sites is 2. The Morgan fingerprint density at radius 1 is 1.06 bits per heavy atom. The van der Waals surface area contributed by atoms with Crippen molar-refractivity contribution in [1.82, 2.24) is 14.0 Å². The standard InChI is InChI=1S/C25H28F3N3O5/c1-24(2,3)36-23(33)29-13-12-17(15-29)31-18-9-7-11-20(34-4)21(18)30(22(31)32)14-16-8-5-6-10-19(16)35-25(26,27)28/h5-11,17H,12-15H2,1-4H3/t17-/m1/s1. The van der Waals surface area contributed by atoms with Crippen molar-refractivity contribution in [2.45, 2.75) is 51.7 Å². The lowest BCUT2D eigenvalue weighted by atomic mass is 10.2. The molecule has 1 aliphatic rings. The lowest BCUT2D eigenvalue weighted by molar-refractivity contribution is -0.274. The summed E-state index contributed by atoms with van der Waals surface area (Å²) in [5.41, 5.74) is 0.115. The third-order valence-electron chi connectivity index (χ3n) is 5.87. The molecule has 1 saturated heterocycles. The number of benzene rings is 2. The molecule has 0 saturated carbocycles. The van der Waals surface area contributed by atoms with Crippen LogP contribution in [0.4, 0.5) is 18.0 Å². The van der Waals surface area contributed by atoms with Crippen LogP contribution in [0.25, 0.3) is 11.0 Å². The van der Waals surface area contributed by atoms with Gasteiger partial charge in [-0.25, -0.2) is 9.59 Å². The smallest absolute Gasteiger partial charge is 0.494 e. The number of aromatic nitrogens is 2. The maximum absolute atomic E-state index is 13.7. The largest absolute Gasteiger partial charge is 0.573 e. The van der Waals surface area contributed by atoms with E-state index in [1.54, 1.807) is 54.5 Å². The number of fused-ring (bicyclic) bond motifs is 1. The third kappa shape index (κ3) is 5.29. The van der Waals surface area contributed by atoms with Crippen molar-refractivity contribution in [2.75, 3.05) is 20.2 Å². The molecule has 2 aromatic carbocycles. The highest BCUT2D eigenvalue weighted by molar-refractivity contribution is 5.83. The van der Waals surface area contributed by atoms with Crippen molar-refractivity contribution < 1.29 is 32.2 Å². The van der Waals surface area contributed by atoms with Crippen LogP contribution in [0.3, 0.4) is 0 Å². The normalized spacial score (nSPS) is 16.4. The van der Waals surface area contributed by atoms with E-state index in [4.69, 9.17) is 9.47 Å². The van der Waals surface area contributed by atoms with Crippen LogP contribution < -0.4 is 15.2 Å². The molecule has 11 heteroatoms. The van der Waals surface area contributed by atoms with Crippen molar-refractivity contribution in [3.8, 4) is 11.5 Å². The second kappa shape index (κ2) is 9.44. The number of rotatable bonds is 5. The summed E-state index contributed by atoms with van der Waals surface area (Å²) in [4.78, 5) is 27.8. The molecule has 0 spiro atoms. The average Bonchev–Trinajstić information content (AvgIpc) is 3.36. The molecule has 0 unspecified atom stereocenters. The topological polar surface area (TPSA) is 74.9 Å². The molecule has 1 atom stereocenters. The number of amides is 1. The number of alkyl halides is 3. The lowest BCUT2D eigenvalue weighted by Gasteiger charge is -2.24. The molecule has 2 heterocycles. The van der Waals surface area contributed by atoms with Gasteiger partial charge in [-0.15, -0.1) is 13.2 Å². The number of methoxy groups -OCH3 is 1. The number of imidazole rings is 1. The van der Waals surface area contributed by atoms with Crippen molar-refractivity contribution in [1.29, 1.82) is 0 Å². The van der Waals surface area contributed by atoms with E-state index >= 15 is 0 Å². The Kier molecular flexibility index (Phi) is 6.68. The van der Waals surface area contributed by atoms with Gasteiger partial charge in [-0.05, 0) is 45.4 Å². The number of carbonyl (C=O) groups is 1. The molecule has 0 radical (unpaired) electrons. The van der Waals surface area contributed by atoms with Gasteiger partial charge >= 0.3 is 18.1 Å². The molecule has 4 rings (SSSR count). The first-order valence-electron chi connectivity index (χ1n) is 11.5. The number of ether oxygens (including phenoxy) is 3. The van der Waals surface area contributed by atoms with E-state index in [-0.39, 0.29) is 30.4 Å². The second-order valence-corrected chi connectivity index (χ2v) is 9.59. The summed E-state index contributed by atoms with van der Waals surface area (Å²) in [5, 5.41) is 0. The van der Waals surface area contributed by atoms with Gasteiger partial charge in [0, 0.05) is 18.7 Å². The van der Waals surface area contributed by atoms with E-state index in [1.807, 2.05) is 0 Å². The van der Waals surface area contributed by atoms with Crippen molar-refractivity contribution in [3.05, 3.63) is 58.5 Å². The van der Waals surface area contributed by atoms with Crippen LogP contribution in [0.5, 0.6) is 11.5 Å². The summed E-state index contributed by atoms with van der Waals surface area (Å²) in [5.74, 6) is 0.0178. The van der Waals surface area contributed by atoms with Gasteiger partial charge in [-0.3, -0.25) is 9.13 Å². The van der Waals surface area contributed by atoms with Crippen molar-refractivity contribution in [3.63, 3.8) is 0 Å². The zero-order valence-corrected chi connectivity index (χ0v) is 20.5. The molecule has 0 aliphatic carbocycles. The minimum atomic E-state index is -4.87. The molecule has 0 bridgehead atoms. The highest BCUT2D eigenvalue weighted by atomic mass is 19.4. The quantitative estimate of drug-likeness (QED) is 0.489.